The Hall–Kier alpha value is -1.85. The van der Waals surface area contributed by atoms with Crippen molar-refractivity contribution >= 4 is 5.97 Å². The molecule has 1 saturated carbocycles. The Labute approximate surface area is 123 Å². The molecule has 1 aliphatic carbocycles. The van der Waals surface area contributed by atoms with Gasteiger partial charge in [-0.25, -0.2) is 9.59 Å². The average molecular weight is 294 g/mol. The van der Waals surface area contributed by atoms with Crippen LogP contribution in [0, 0.1) is 5.92 Å². The summed E-state index contributed by atoms with van der Waals surface area (Å²) in [5.74, 6) is -0.695. The van der Waals surface area contributed by atoms with Gasteiger partial charge in [0, 0.05) is 18.3 Å². The highest BCUT2D eigenvalue weighted by Crippen LogP contribution is 2.30. The van der Waals surface area contributed by atoms with Crippen LogP contribution in [-0.4, -0.2) is 20.2 Å². The maximum Gasteiger partial charge on any atom is 0.342 e. The number of carboxylic acid groups (broad SMARTS) is 1. The molecule has 6 nitrogen and oxygen atoms in total. The van der Waals surface area contributed by atoms with Gasteiger partial charge in [0.1, 0.15) is 5.56 Å². The number of rotatable bonds is 3. The Morgan fingerprint density at radius 1 is 1.24 bits per heavy atom. The first kappa shape index (κ1) is 15.5. The van der Waals surface area contributed by atoms with E-state index in [-0.39, 0.29) is 17.6 Å². The van der Waals surface area contributed by atoms with E-state index in [1.165, 1.54) is 10.8 Å². The molecule has 0 aromatic carbocycles. The van der Waals surface area contributed by atoms with Crippen molar-refractivity contribution in [2.24, 2.45) is 5.92 Å². The normalized spacial score (nSPS) is 22.5. The third kappa shape index (κ3) is 2.94. The highest BCUT2D eigenvalue weighted by molar-refractivity contribution is 5.86. The lowest BCUT2D eigenvalue weighted by Gasteiger charge is -2.28. The third-order valence-electron chi connectivity index (χ3n) is 4.28. The second-order valence-corrected chi connectivity index (χ2v) is 6.22. The van der Waals surface area contributed by atoms with Crippen LogP contribution in [0.4, 0.5) is 0 Å². The summed E-state index contributed by atoms with van der Waals surface area (Å²) in [7, 11) is 0. The molecule has 0 aliphatic heterocycles. The molecule has 116 valence electrons. The monoisotopic (exact) mass is 294 g/mol. The number of aromatic carboxylic acids is 1. The summed E-state index contributed by atoms with van der Waals surface area (Å²) in [5.41, 5.74) is -1.41. The van der Waals surface area contributed by atoms with Crippen LogP contribution in [0.25, 0.3) is 0 Å². The minimum absolute atomic E-state index is 0.189. The molecule has 0 atom stereocenters. The van der Waals surface area contributed by atoms with Gasteiger partial charge < -0.3 is 5.11 Å². The second kappa shape index (κ2) is 5.87. The van der Waals surface area contributed by atoms with E-state index in [0.29, 0.717) is 5.92 Å². The van der Waals surface area contributed by atoms with E-state index >= 15 is 0 Å². The zero-order valence-electron chi connectivity index (χ0n) is 12.7. The number of carbonyl (C=O) groups is 1. The first-order valence-corrected chi connectivity index (χ1v) is 7.44. The summed E-state index contributed by atoms with van der Waals surface area (Å²) < 4.78 is 2.50. The van der Waals surface area contributed by atoms with E-state index in [2.05, 4.69) is 6.92 Å². The van der Waals surface area contributed by atoms with Crippen LogP contribution in [0.15, 0.2) is 15.8 Å². The maximum absolute atomic E-state index is 12.5. The Kier molecular flexibility index (Phi) is 4.34. The summed E-state index contributed by atoms with van der Waals surface area (Å²) in [4.78, 5) is 36.1. The van der Waals surface area contributed by atoms with Gasteiger partial charge in [-0.15, -0.1) is 0 Å². The largest absolute Gasteiger partial charge is 0.477 e. The van der Waals surface area contributed by atoms with Crippen LogP contribution in [0.1, 0.15) is 68.9 Å². The van der Waals surface area contributed by atoms with Crippen molar-refractivity contribution in [1.29, 1.82) is 0 Å². The fourth-order valence-corrected chi connectivity index (χ4v) is 2.93. The molecular formula is C15H22N2O4. The molecular weight excluding hydrogens is 272 g/mol. The van der Waals surface area contributed by atoms with Crippen molar-refractivity contribution in [3.05, 3.63) is 32.6 Å². The van der Waals surface area contributed by atoms with Crippen molar-refractivity contribution in [2.75, 3.05) is 0 Å². The zero-order chi connectivity index (χ0) is 15.7. The lowest BCUT2D eigenvalue weighted by atomic mass is 9.87. The predicted molar refractivity (Wildman–Crippen MR) is 79.0 cm³/mol. The van der Waals surface area contributed by atoms with Crippen LogP contribution in [0.2, 0.25) is 0 Å². The molecule has 0 radical (unpaired) electrons. The van der Waals surface area contributed by atoms with Gasteiger partial charge in [-0.05, 0) is 45.4 Å². The van der Waals surface area contributed by atoms with E-state index in [9.17, 15) is 19.5 Å². The molecule has 0 spiro atoms. The van der Waals surface area contributed by atoms with Crippen molar-refractivity contribution in [3.63, 3.8) is 0 Å². The fourth-order valence-electron chi connectivity index (χ4n) is 2.93. The minimum Gasteiger partial charge on any atom is -0.477 e. The van der Waals surface area contributed by atoms with Crippen molar-refractivity contribution < 1.29 is 9.90 Å². The van der Waals surface area contributed by atoms with Crippen molar-refractivity contribution in [2.45, 2.75) is 58.5 Å². The van der Waals surface area contributed by atoms with Crippen LogP contribution < -0.4 is 11.2 Å². The molecule has 1 aliphatic rings. The highest BCUT2D eigenvalue weighted by atomic mass is 16.4. The highest BCUT2D eigenvalue weighted by Gasteiger charge is 2.26. The lowest BCUT2D eigenvalue weighted by Crippen LogP contribution is -2.45. The Morgan fingerprint density at radius 3 is 2.29 bits per heavy atom. The molecule has 1 fully saturated rings. The maximum atomic E-state index is 12.5. The molecule has 0 unspecified atom stereocenters. The molecule has 2 rings (SSSR count). The Balaban J connectivity index is 2.61. The standard InChI is InChI=1S/C15H22N2O4/c1-9(2)16-8-12(14(19)20)13(18)17(15(16)21)11-6-4-10(3)5-7-11/h8-11H,4-7H2,1-3H3,(H,19,20)/t10-,11-. The molecule has 6 heteroatoms. The predicted octanol–water partition coefficient (Wildman–Crippen LogP) is 2.04. The molecule has 1 N–H and O–H groups in total. The summed E-state index contributed by atoms with van der Waals surface area (Å²) in [5, 5.41) is 9.20. The topological polar surface area (TPSA) is 81.3 Å². The van der Waals surface area contributed by atoms with Crippen molar-refractivity contribution in [1.82, 2.24) is 9.13 Å². The van der Waals surface area contributed by atoms with Gasteiger partial charge in [-0.1, -0.05) is 6.92 Å². The van der Waals surface area contributed by atoms with Crippen molar-refractivity contribution in [3.8, 4) is 0 Å². The van der Waals surface area contributed by atoms with Crippen LogP contribution in [0.3, 0.4) is 0 Å². The molecule has 1 aromatic heterocycles. The van der Waals surface area contributed by atoms with Gasteiger partial charge in [-0.2, -0.15) is 0 Å². The van der Waals surface area contributed by atoms with E-state index in [1.54, 1.807) is 13.8 Å². The van der Waals surface area contributed by atoms with Gasteiger partial charge in [-0.3, -0.25) is 13.9 Å². The Morgan fingerprint density at radius 2 is 1.81 bits per heavy atom. The number of hydrogen-bond donors (Lipinski definition) is 1. The summed E-state index contributed by atoms with van der Waals surface area (Å²) in [6.45, 7) is 5.74. The first-order valence-electron chi connectivity index (χ1n) is 7.44. The molecule has 1 aromatic rings. The SMILES string of the molecule is CC(C)n1cc(C(=O)O)c(=O)n([C@H]2CC[C@H](C)CC2)c1=O. The smallest absolute Gasteiger partial charge is 0.342 e. The van der Waals surface area contributed by atoms with E-state index in [1.807, 2.05) is 0 Å². The third-order valence-corrected chi connectivity index (χ3v) is 4.28. The van der Waals surface area contributed by atoms with Crippen LogP contribution in [0.5, 0.6) is 0 Å². The average Bonchev–Trinajstić information content (AvgIpc) is 2.40. The summed E-state index contributed by atoms with van der Waals surface area (Å²) in [6, 6.07) is -0.379. The molecule has 1 heterocycles. The van der Waals surface area contributed by atoms with Gasteiger partial charge in [0.15, 0.2) is 0 Å². The number of aromatic nitrogens is 2. The molecule has 21 heavy (non-hydrogen) atoms. The van der Waals surface area contributed by atoms with Gasteiger partial charge in [0.05, 0.1) is 0 Å². The van der Waals surface area contributed by atoms with Gasteiger partial charge >= 0.3 is 11.7 Å². The fraction of sp³-hybridized carbons (Fsp3) is 0.667. The number of carboxylic acids is 1. The second-order valence-electron chi connectivity index (χ2n) is 6.22. The van der Waals surface area contributed by atoms with E-state index < -0.39 is 17.2 Å². The van der Waals surface area contributed by atoms with Crippen LogP contribution >= 0.6 is 0 Å². The van der Waals surface area contributed by atoms with E-state index in [0.717, 1.165) is 30.3 Å². The summed E-state index contributed by atoms with van der Waals surface area (Å²) in [6.07, 6.45) is 4.57. The molecule has 0 bridgehead atoms. The van der Waals surface area contributed by atoms with E-state index in [4.69, 9.17) is 0 Å². The number of nitrogens with zero attached hydrogens (tertiary/aromatic N) is 2. The minimum atomic E-state index is -1.28. The lowest BCUT2D eigenvalue weighted by molar-refractivity contribution is 0.0691. The number of hydrogen-bond acceptors (Lipinski definition) is 3. The molecule has 0 amide bonds. The Bertz CT molecular complexity index is 649. The molecule has 0 saturated heterocycles. The van der Waals surface area contributed by atoms with Crippen LogP contribution in [-0.2, 0) is 0 Å². The quantitative estimate of drug-likeness (QED) is 0.925. The van der Waals surface area contributed by atoms with Gasteiger partial charge in [0.2, 0.25) is 0 Å². The van der Waals surface area contributed by atoms with Gasteiger partial charge in [0.25, 0.3) is 5.56 Å². The zero-order valence-corrected chi connectivity index (χ0v) is 12.7. The summed E-state index contributed by atoms with van der Waals surface area (Å²) >= 11 is 0. The first-order chi connectivity index (χ1) is 9.82.